The summed E-state index contributed by atoms with van der Waals surface area (Å²) in [6, 6.07) is 14.9. The number of hydrogen-bond donors (Lipinski definition) is 0. The Balaban J connectivity index is 1.73. The molecule has 0 N–H and O–H groups in total. The summed E-state index contributed by atoms with van der Waals surface area (Å²) < 4.78 is 33.1. The van der Waals surface area contributed by atoms with Crippen molar-refractivity contribution in [2.24, 2.45) is 0 Å². The number of ether oxygens (including phenoxy) is 1. The molecule has 0 aliphatic carbocycles. The van der Waals surface area contributed by atoms with Crippen molar-refractivity contribution in [1.82, 2.24) is 14.9 Å². The van der Waals surface area contributed by atoms with Crippen LogP contribution in [0.25, 0.3) is 21.9 Å². The third-order valence-electron chi connectivity index (χ3n) is 5.61. The van der Waals surface area contributed by atoms with Crippen LogP contribution in [0.3, 0.4) is 0 Å². The highest BCUT2D eigenvalue weighted by Crippen LogP contribution is 2.37. The van der Waals surface area contributed by atoms with Gasteiger partial charge in [-0.15, -0.1) is 0 Å². The van der Waals surface area contributed by atoms with E-state index >= 15 is 0 Å². The van der Waals surface area contributed by atoms with Gasteiger partial charge in [0.1, 0.15) is 6.33 Å². The van der Waals surface area contributed by atoms with Crippen LogP contribution >= 0.6 is 0 Å². The van der Waals surface area contributed by atoms with E-state index in [1.165, 1.54) is 19.5 Å². The van der Waals surface area contributed by atoms with Crippen molar-refractivity contribution in [3.05, 3.63) is 90.0 Å². The van der Waals surface area contributed by atoms with Crippen LogP contribution in [-0.2, 0) is 0 Å². The molecule has 32 heavy (non-hydrogen) atoms. The van der Waals surface area contributed by atoms with Gasteiger partial charge in [-0.25, -0.2) is 14.4 Å². The number of carbonyl (C=O) groups is 1. The van der Waals surface area contributed by atoms with Gasteiger partial charge in [-0.2, -0.15) is 4.39 Å². The highest BCUT2D eigenvalue weighted by atomic mass is 19.2. The molecule has 3 aromatic carbocycles. The fourth-order valence-electron chi connectivity index (χ4n) is 3.72. The Labute approximate surface area is 184 Å². The number of carbonyl (C=O) groups excluding carboxylic acids is 1. The maximum Gasteiger partial charge on any atom is 0.254 e. The van der Waals surface area contributed by atoms with Crippen LogP contribution in [0.5, 0.6) is 5.75 Å². The van der Waals surface area contributed by atoms with Crippen molar-refractivity contribution in [2.75, 3.05) is 14.2 Å². The van der Waals surface area contributed by atoms with E-state index in [1.807, 2.05) is 25.1 Å². The first-order valence-electron chi connectivity index (χ1n) is 10.0. The smallest absolute Gasteiger partial charge is 0.254 e. The largest absolute Gasteiger partial charge is 0.493 e. The Bertz CT molecular complexity index is 1300. The SMILES string of the molecule is COc1c(-c2cccc3cc(C(=O)N(C)C(C)c4ccncn4)ccc23)ccc(F)c1F. The fraction of sp³-hybridized carbons (Fsp3) is 0.160. The lowest BCUT2D eigenvalue weighted by Gasteiger charge is -2.24. The monoisotopic (exact) mass is 433 g/mol. The van der Waals surface area contributed by atoms with E-state index in [4.69, 9.17) is 4.74 Å². The number of halogens is 2. The average molecular weight is 433 g/mol. The van der Waals surface area contributed by atoms with Gasteiger partial charge in [-0.1, -0.05) is 24.3 Å². The summed E-state index contributed by atoms with van der Waals surface area (Å²) in [7, 11) is 3.03. The van der Waals surface area contributed by atoms with E-state index in [-0.39, 0.29) is 17.7 Å². The zero-order valence-corrected chi connectivity index (χ0v) is 17.8. The molecule has 5 nitrogen and oxygen atoms in total. The van der Waals surface area contributed by atoms with E-state index in [0.717, 1.165) is 22.5 Å². The minimum atomic E-state index is -1.03. The summed E-state index contributed by atoms with van der Waals surface area (Å²) in [6.45, 7) is 1.90. The zero-order valence-electron chi connectivity index (χ0n) is 17.8. The zero-order chi connectivity index (χ0) is 22.8. The van der Waals surface area contributed by atoms with Gasteiger partial charge in [0.05, 0.1) is 18.8 Å². The molecule has 0 radical (unpaired) electrons. The van der Waals surface area contributed by atoms with Crippen molar-refractivity contribution in [3.8, 4) is 16.9 Å². The van der Waals surface area contributed by atoms with E-state index in [1.54, 1.807) is 42.4 Å². The molecular formula is C25H21F2N3O2. The first kappa shape index (κ1) is 21.4. The molecule has 0 saturated carbocycles. The normalized spacial score (nSPS) is 11.9. The van der Waals surface area contributed by atoms with Crippen LogP contribution in [0.1, 0.15) is 29.0 Å². The molecule has 0 bridgehead atoms. The molecule has 1 atom stereocenters. The van der Waals surface area contributed by atoms with Crippen LogP contribution < -0.4 is 4.74 Å². The summed E-state index contributed by atoms with van der Waals surface area (Å²) in [4.78, 5) is 22.9. The maximum atomic E-state index is 14.3. The van der Waals surface area contributed by atoms with Crippen LogP contribution in [-0.4, -0.2) is 34.9 Å². The van der Waals surface area contributed by atoms with Gasteiger partial charge in [0.15, 0.2) is 11.6 Å². The van der Waals surface area contributed by atoms with Gasteiger partial charge in [0.2, 0.25) is 5.82 Å². The molecule has 1 unspecified atom stereocenters. The highest BCUT2D eigenvalue weighted by molar-refractivity contribution is 6.03. The minimum Gasteiger partial charge on any atom is -0.493 e. The first-order valence-corrected chi connectivity index (χ1v) is 10.0. The second kappa shape index (κ2) is 8.70. The molecule has 0 aliphatic heterocycles. The average Bonchev–Trinajstić information content (AvgIpc) is 2.84. The number of benzene rings is 3. The molecule has 0 fully saturated rings. The molecular weight excluding hydrogens is 412 g/mol. The van der Waals surface area contributed by atoms with Crippen LogP contribution in [0.15, 0.2) is 67.1 Å². The molecule has 4 aromatic rings. The lowest BCUT2D eigenvalue weighted by atomic mass is 9.96. The summed E-state index contributed by atoms with van der Waals surface area (Å²) in [6.07, 6.45) is 3.09. The van der Waals surface area contributed by atoms with Crippen molar-refractivity contribution in [2.45, 2.75) is 13.0 Å². The maximum absolute atomic E-state index is 14.3. The van der Waals surface area contributed by atoms with Crippen molar-refractivity contribution < 1.29 is 18.3 Å². The van der Waals surface area contributed by atoms with Crippen molar-refractivity contribution >= 4 is 16.7 Å². The van der Waals surface area contributed by atoms with Gasteiger partial charge in [-0.05, 0) is 53.6 Å². The predicted molar refractivity (Wildman–Crippen MR) is 118 cm³/mol. The molecule has 0 saturated heterocycles. The van der Waals surface area contributed by atoms with Crippen molar-refractivity contribution in [1.29, 1.82) is 0 Å². The Morgan fingerprint density at radius 1 is 1.06 bits per heavy atom. The van der Waals surface area contributed by atoms with E-state index < -0.39 is 11.6 Å². The number of fused-ring (bicyclic) bond motifs is 1. The van der Waals surface area contributed by atoms with Gasteiger partial charge in [0.25, 0.3) is 5.91 Å². The van der Waals surface area contributed by atoms with E-state index in [0.29, 0.717) is 16.7 Å². The highest BCUT2D eigenvalue weighted by Gasteiger charge is 2.21. The predicted octanol–water partition coefficient (Wildman–Crippen LogP) is 5.42. The Hall–Kier alpha value is -3.87. The number of hydrogen-bond acceptors (Lipinski definition) is 4. The standard InChI is InChI=1S/C25H21F2N3O2/c1-15(22-11-12-28-14-29-22)30(2)25(31)17-7-8-18-16(13-17)5-4-6-19(18)20-9-10-21(26)23(27)24(20)32-3/h4-15H,1-3H3. The van der Waals surface area contributed by atoms with Gasteiger partial charge < -0.3 is 9.64 Å². The lowest BCUT2D eigenvalue weighted by Crippen LogP contribution is -2.30. The Morgan fingerprint density at radius 2 is 1.88 bits per heavy atom. The number of amides is 1. The molecule has 0 spiro atoms. The van der Waals surface area contributed by atoms with Gasteiger partial charge in [-0.3, -0.25) is 4.79 Å². The molecule has 1 aromatic heterocycles. The van der Waals surface area contributed by atoms with E-state index in [2.05, 4.69) is 9.97 Å². The Morgan fingerprint density at radius 3 is 2.59 bits per heavy atom. The molecule has 4 rings (SSSR count). The quantitative estimate of drug-likeness (QED) is 0.422. The number of aromatic nitrogens is 2. The fourth-order valence-corrected chi connectivity index (χ4v) is 3.72. The Kier molecular flexibility index (Phi) is 5.81. The molecule has 0 aliphatic rings. The first-order chi connectivity index (χ1) is 15.4. The number of nitrogens with zero attached hydrogens (tertiary/aromatic N) is 3. The second-order valence-corrected chi connectivity index (χ2v) is 7.41. The number of rotatable bonds is 5. The summed E-state index contributed by atoms with van der Waals surface area (Å²) in [5.41, 5.74) is 2.37. The summed E-state index contributed by atoms with van der Waals surface area (Å²) in [5, 5.41) is 1.59. The summed E-state index contributed by atoms with van der Waals surface area (Å²) in [5.74, 6) is -2.32. The van der Waals surface area contributed by atoms with Crippen LogP contribution in [0.4, 0.5) is 8.78 Å². The third kappa shape index (κ3) is 3.77. The topological polar surface area (TPSA) is 55.3 Å². The van der Waals surface area contributed by atoms with Crippen LogP contribution in [0, 0.1) is 11.6 Å². The lowest BCUT2D eigenvalue weighted by molar-refractivity contribution is 0.0740. The van der Waals surface area contributed by atoms with Crippen LogP contribution in [0.2, 0.25) is 0 Å². The van der Waals surface area contributed by atoms with Gasteiger partial charge in [0, 0.05) is 24.4 Å². The summed E-state index contributed by atoms with van der Waals surface area (Å²) >= 11 is 0. The number of methoxy groups -OCH3 is 1. The van der Waals surface area contributed by atoms with E-state index in [9.17, 15) is 13.6 Å². The second-order valence-electron chi connectivity index (χ2n) is 7.41. The molecule has 1 heterocycles. The third-order valence-corrected chi connectivity index (χ3v) is 5.61. The minimum absolute atomic E-state index is 0.156. The molecule has 7 heteroatoms. The van der Waals surface area contributed by atoms with Crippen molar-refractivity contribution in [3.63, 3.8) is 0 Å². The molecule has 162 valence electrons. The molecule has 1 amide bonds. The van der Waals surface area contributed by atoms with Gasteiger partial charge >= 0.3 is 0 Å².